The number of amides is 2. The molecule has 0 radical (unpaired) electrons. The van der Waals surface area contributed by atoms with E-state index in [1.807, 2.05) is 6.07 Å². The predicted molar refractivity (Wildman–Crippen MR) is 117 cm³/mol. The number of nitrogens with zero attached hydrogens (tertiary/aromatic N) is 2. The van der Waals surface area contributed by atoms with Crippen LogP contribution in [-0.4, -0.2) is 71.5 Å². The summed E-state index contributed by atoms with van der Waals surface area (Å²) in [6, 6.07) is 10.1. The quantitative estimate of drug-likeness (QED) is 0.210. The first-order chi connectivity index (χ1) is 16.5. The van der Waals surface area contributed by atoms with E-state index in [9.17, 15) is 19.5 Å². The Balaban J connectivity index is 1.88. The van der Waals surface area contributed by atoms with Crippen molar-refractivity contribution in [3.05, 3.63) is 53.9 Å². The second-order valence-corrected chi connectivity index (χ2v) is 7.38. The number of hydroxylamine groups is 2. The van der Waals surface area contributed by atoms with E-state index < -0.39 is 36.5 Å². The Morgan fingerprint density at radius 1 is 1.24 bits per heavy atom. The van der Waals surface area contributed by atoms with Crippen LogP contribution in [0.15, 0.2) is 47.1 Å². The minimum absolute atomic E-state index is 0.00439. The molecule has 0 saturated carbocycles. The third-order valence-corrected chi connectivity index (χ3v) is 4.86. The second-order valence-electron chi connectivity index (χ2n) is 7.38. The van der Waals surface area contributed by atoms with Crippen molar-refractivity contribution in [2.24, 2.45) is 0 Å². The Bertz CT molecular complexity index is 936. The van der Waals surface area contributed by atoms with Gasteiger partial charge in [-0.15, -0.1) is 0 Å². The van der Waals surface area contributed by atoms with E-state index in [-0.39, 0.29) is 19.0 Å². The van der Waals surface area contributed by atoms with Crippen molar-refractivity contribution >= 4 is 18.0 Å². The maximum atomic E-state index is 13.2. The summed E-state index contributed by atoms with van der Waals surface area (Å²) in [5.74, 6) is -2.76. The lowest BCUT2D eigenvalue weighted by atomic mass is 10.1. The van der Waals surface area contributed by atoms with Gasteiger partial charge in [0.2, 0.25) is 5.76 Å². The van der Waals surface area contributed by atoms with Gasteiger partial charge in [-0.2, -0.15) is 5.06 Å². The van der Waals surface area contributed by atoms with Gasteiger partial charge in [0.15, 0.2) is 0 Å². The van der Waals surface area contributed by atoms with Gasteiger partial charge in [0.1, 0.15) is 12.9 Å². The highest BCUT2D eigenvalue weighted by Gasteiger charge is 2.51. The highest BCUT2D eigenvalue weighted by Crippen LogP contribution is 2.19. The highest BCUT2D eigenvalue weighted by molar-refractivity contribution is 5.96. The molecule has 0 spiro atoms. The summed E-state index contributed by atoms with van der Waals surface area (Å²) in [6.07, 6.45) is 0.193. The van der Waals surface area contributed by atoms with Crippen LogP contribution >= 0.6 is 0 Å². The molecule has 1 atom stereocenters. The first kappa shape index (κ1) is 25.1. The molecule has 0 aliphatic carbocycles. The number of carbonyl (C=O) groups excluding carboxylic acids is 2. The smallest absolute Gasteiger partial charge is 0.409 e. The third kappa shape index (κ3) is 6.29. The fourth-order valence-corrected chi connectivity index (χ4v) is 3.16. The van der Waals surface area contributed by atoms with Gasteiger partial charge in [-0.05, 0) is 12.0 Å². The van der Waals surface area contributed by atoms with E-state index in [0.29, 0.717) is 30.1 Å². The van der Waals surface area contributed by atoms with Crippen LogP contribution in [0, 0.1) is 0 Å². The van der Waals surface area contributed by atoms with Gasteiger partial charge in [-0.25, -0.2) is 9.59 Å². The van der Waals surface area contributed by atoms with Gasteiger partial charge in [0, 0.05) is 19.2 Å². The minimum Gasteiger partial charge on any atom is -0.478 e. The number of carbonyl (C=O) groups is 3. The molecule has 34 heavy (non-hydrogen) atoms. The van der Waals surface area contributed by atoms with Crippen LogP contribution in [0.1, 0.15) is 29.5 Å². The highest BCUT2D eigenvalue weighted by atomic mass is 16.7. The molecule has 1 fully saturated rings. The summed E-state index contributed by atoms with van der Waals surface area (Å²) in [5, 5.41) is 25.8. The zero-order valence-corrected chi connectivity index (χ0v) is 18.7. The molecule has 5 N–H and O–H groups in total. The molecule has 1 aliphatic heterocycles. The molecular weight excluding hydrogens is 448 g/mol. The maximum absolute atomic E-state index is 13.2. The van der Waals surface area contributed by atoms with Crippen molar-refractivity contribution < 1.29 is 33.6 Å². The van der Waals surface area contributed by atoms with E-state index >= 15 is 0 Å². The average Bonchev–Trinajstić information content (AvgIpc) is 3.56. The van der Waals surface area contributed by atoms with Gasteiger partial charge in [-0.1, -0.05) is 42.4 Å². The van der Waals surface area contributed by atoms with Crippen molar-refractivity contribution in [1.29, 1.82) is 0 Å². The molecule has 1 unspecified atom stereocenters. The van der Waals surface area contributed by atoms with E-state index in [1.165, 1.54) is 12.3 Å². The zero-order chi connectivity index (χ0) is 24.4. The summed E-state index contributed by atoms with van der Waals surface area (Å²) in [5.41, 5.74) is -1.69. The van der Waals surface area contributed by atoms with E-state index in [0.717, 1.165) is 0 Å². The zero-order valence-electron chi connectivity index (χ0n) is 18.7. The monoisotopic (exact) mass is 476 g/mol. The summed E-state index contributed by atoms with van der Waals surface area (Å²) >= 11 is 0. The van der Waals surface area contributed by atoms with Crippen LogP contribution in [0.3, 0.4) is 0 Å². The van der Waals surface area contributed by atoms with Crippen molar-refractivity contribution in [1.82, 2.24) is 31.5 Å². The van der Waals surface area contributed by atoms with Gasteiger partial charge < -0.3 is 14.4 Å². The van der Waals surface area contributed by atoms with Gasteiger partial charge in [0.25, 0.3) is 5.66 Å². The molecular formula is C21H28N6O7. The molecule has 1 aromatic heterocycles. The van der Waals surface area contributed by atoms with Gasteiger partial charge >= 0.3 is 18.0 Å². The molecule has 1 aromatic carbocycles. The lowest BCUT2D eigenvalue weighted by molar-refractivity contribution is -0.208. The number of ether oxygens (including phenoxy) is 1. The van der Waals surface area contributed by atoms with Crippen LogP contribution in [0.25, 0.3) is 0 Å². The number of nitrogens with one attached hydrogen (secondary N) is 4. The number of alkyl carbamates (subject to hydrolysis) is 1. The van der Waals surface area contributed by atoms with Crippen molar-refractivity contribution in [2.45, 2.75) is 31.9 Å². The number of carboxylic acid groups (broad SMARTS) is 1. The van der Waals surface area contributed by atoms with Crippen molar-refractivity contribution in [2.75, 3.05) is 26.2 Å². The number of aromatic nitrogens is 1. The Kier molecular flexibility index (Phi) is 8.93. The molecule has 184 valence electrons. The summed E-state index contributed by atoms with van der Waals surface area (Å²) in [4.78, 5) is 44.1. The normalized spacial score (nSPS) is 15.4. The fraction of sp³-hybridized carbons (Fsp3) is 0.429. The Hall–Kier alpha value is -3.52. The Labute approximate surface area is 195 Å². The number of hydrogen-bond acceptors (Lipinski definition) is 10. The predicted octanol–water partition coefficient (Wildman–Crippen LogP) is 0.232. The molecule has 2 aromatic rings. The summed E-state index contributed by atoms with van der Waals surface area (Å²) in [6.45, 7) is 2.54. The fourth-order valence-electron chi connectivity index (χ4n) is 3.16. The van der Waals surface area contributed by atoms with Crippen molar-refractivity contribution in [3.63, 3.8) is 0 Å². The Morgan fingerprint density at radius 2 is 1.97 bits per heavy atom. The molecule has 2 amide bonds. The second kappa shape index (κ2) is 12.1. The minimum atomic E-state index is -2.39. The van der Waals surface area contributed by atoms with Gasteiger partial charge in [-0.3, -0.25) is 30.9 Å². The largest absolute Gasteiger partial charge is 0.478 e. The lowest BCUT2D eigenvalue weighted by Crippen LogP contribution is -2.72. The first-order valence-corrected chi connectivity index (χ1v) is 10.8. The molecule has 3 rings (SSSR count). The lowest BCUT2D eigenvalue weighted by Gasteiger charge is -2.39. The molecule has 0 bridgehead atoms. The molecule has 1 saturated heterocycles. The summed E-state index contributed by atoms with van der Waals surface area (Å²) < 4.78 is 10.1. The molecule has 2 heterocycles. The van der Waals surface area contributed by atoms with Crippen LogP contribution in [0.4, 0.5) is 4.79 Å². The number of carboxylic acids is 1. The molecule has 13 nitrogen and oxygen atoms in total. The maximum Gasteiger partial charge on any atom is 0.409 e. The number of benzene rings is 1. The standard InChI is InChI=1S/C21H28N6O7/c1-2-12-33-27(17(28)16-8-9-25-34-16)21(18(29)30,14-24-19-22-10-11-23-19)26-20(31)32-13-15-6-4-3-5-7-15/h3-9,19,22-24H,2,10-14H2,1H3,(H,26,31)(H,29,30). The number of aliphatic carboxylic acids is 1. The van der Waals surface area contributed by atoms with Crippen LogP contribution in [0.5, 0.6) is 0 Å². The van der Waals surface area contributed by atoms with Crippen molar-refractivity contribution in [3.8, 4) is 0 Å². The van der Waals surface area contributed by atoms with Crippen LogP contribution in [-0.2, 0) is 21.0 Å². The molecule has 1 aliphatic rings. The number of rotatable bonds is 12. The first-order valence-electron chi connectivity index (χ1n) is 10.8. The topological polar surface area (TPSA) is 167 Å². The van der Waals surface area contributed by atoms with Crippen LogP contribution in [0.2, 0.25) is 0 Å². The number of hydrogen-bond donors (Lipinski definition) is 5. The Morgan fingerprint density at radius 3 is 2.59 bits per heavy atom. The average molecular weight is 476 g/mol. The van der Waals surface area contributed by atoms with E-state index in [2.05, 4.69) is 26.4 Å². The third-order valence-electron chi connectivity index (χ3n) is 4.86. The van der Waals surface area contributed by atoms with E-state index in [4.69, 9.17) is 14.1 Å². The molecule has 13 heteroatoms. The van der Waals surface area contributed by atoms with Gasteiger partial charge in [0.05, 0.1) is 19.3 Å². The van der Waals surface area contributed by atoms with E-state index in [1.54, 1.807) is 31.2 Å². The SMILES string of the molecule is CCCON(C(=O)c1ccno1)C(CNC1NCCN1)(NC(=O)OCc1ccccc1)C(=O)O. The summed E-state index contributed by atoms with van der Waals surface area (Å²) in [7, 11) is 0. The van der Waals surface area contributed by atoms with Crippen LogP contribution < -0.4 is 21.3 Å².